The maximum atomic E-state index is 13.4. The van der Waals surface area contributed by atoms with Gasteiger partial charge in [-0.1, -0.05) is 55.3 Å². The topological polar surface area (TPSA) is 32.8 Å². The zero-order valence-corrected chi connectivity index (χ0v) is 18.6. The number of hydrogen-bond donors (Lipinski definition) is 0. The zero-order chi connectivity index (χ0) is 21.2. The number of carbonyl (C=O) groups is 1. The maximum absolute atomic E-state index is 13.4. The standard InChI is InChI=1S/C27H34N2O2/c1-31-23-13-11-21(12-14-23)24-19-29(27(30)22-9-5-6-10-22)26-15-16-28(18-25(24)26)17-20-7-3-2-4-8-20/h2-4,7-8,11-14,22,24-26H,5-6,9-10,15-19H2,1H3/t24-,25-,26-/m0/s1. The molecule has 0 bridgehead atoms. The molecule has 3 aliphatic rings. The molecular weight excluding hydrogens is 384 g/mol. The molecule has 0 aromatic heterocycles. The number of piperidine rings is 1. The number of hydrogen-bond acceptors (Lipinski definition) is 3. The van der Waals surface area contributed by atoms with E-state index in [1.165, 1.54) is 24.0 Å². The predicted molar refractivity (Wildman–Crippen MR) is 123 cm³/mol. The van der Waals surface area contributed by atoms with Crippen molar-refractivity contribution in [3.8, 4) is 5.75 Å². The normalized spacial score (nSPS) is 26.7. The average molecular weight is 419 g/mol. The van der Waals surface area contributed by atoms with Crippen LogP contribution in [-0.4, -0.2) is 48.5 Å². The van der Waals surface area contributed by atoms with E-state index in [0.29, 0.717) is 23.8 Å². The Morgan fingerprint density at radius 2 is 1.71 bits per heavy atom. The second-order valence-corrected chi connectivity index (χ2v) is 9.59. The molecular formula is C27H34N2O2. The highest BCUT2D eigenvalue weighted by Gasteiger charge is 2.48. The van der Waals surface area contributed by atoms with Crippen LogP contribution in [0.5, 0.6) is 5.75 Å². The molecule has 1 saturated carbocycles. The Morgan fingerprint density at radius 3 is 2.42 bits per heavy atom. The number of likely N-dealkylation sites (tertiary alicyclic amines) is 2. The van der Waals surface area contributed by atoms with Crippen LogP contribution >= 0.6 is 0 Å². The summed E-state index contributed by atoms with van der Waals surface area (Å²) in [6.45, 7) is 4.00. The van der Waals surface area contributed by atoms with Crippen molar-refractivity contribution in [3.63, 3.8) is 0 Å². The molecule has 2 aliphatic heterocycles. The van der Waals surface area contributed by atoms with Gasteiger partial charge in [-0.15, -0.1) is 0 Å². The van der Waals surface area contributed by atoms with Gasteiger partial charge in [0.05, 0.1) is 7.11 Å². The van der Waals surface area contributed by atoms with E-state index < -0.39 is 0 Å². The predicted octanol–water partition coefficient (Wildman–Crippen LogP) is 4.70. The van der Waals surface area contributed by atoms with Gasteiger partial charge in [0.15, 0.2) is 0 Å². The van der Waals surface area contributed by atoms with Gasteiger partial charge in [0, 0.05) is 50.0 Å². The minimum absolute atomic E-state index is 0.262. The van der Waals surface area contributed by atoms with Gasteiger partial charge in [-0.25, -0.2) is 0 Å². The second-order valence-electron chi connectivity index (χ2n) is 9.59. The monoisotopic (exact) mass is 418 g/mol. The van der Waals surface area contributed by atoms with Crippen molar-refractivity contribution < 1.29 is 9.53 Å². The summed E-state index contributed by atoms with van der Waals surface area (Å²) in [6.07, 6.45) is 5.68. The van der Waals surface area contributed by atoms with Gasteiger partial charge in [0.1, 0.15) is 5.75 Å². The van der Waals surface area contributed by atoms with Crippen molar-refractivity contribution in [3.05, 3.63) is 65.7 Å². The van der Waals surface area contributed by atoms with Crippen LogP contribution in [0, 0.1) is 11.8 Å². The molecule has 31 heavy (non-hydrogen) atoms. The molecule has 1 aliphatic carbocycles. The quantitative estimate of drug-likeness (QED) is 0.705. The Bertz CT molecular complexity index is 876. The molecule has 4 heteroatoms. The van der Waals surface area contributed by atoms with Crippen molar-refractivity contribution in [1.82, 2.24) is 9.80 Å². The van der Waals surface area contributed by atoms with E-state index in [4.69, 9.17) is 4.74 Å². The fourth-order valence-corrected chi connectivity index (χ4v) is 6.15. The SMILES string of the molecule is COc1ccc([C@@H]2CN(C(=O)C3CCCC3)[C@H]3CCN(Cc4ccccc4)C[C@@H]23)cc1. The molecule has 5 rings (SSSR count). The van der Waals surface area contributed by atoms with Gasteiger partial charge in [0.2, 0.25) is 5.91 Å². The number of methoxy groups -OCH3 is 1. The van der Waals surface area contributed by atoms with Crippen molar-refractivity contribution >= 4 is 5.91 Å². The molecule has 0 unspecified atom stereocenters. The third-order valence-corrected chi connectivity index (χ3v) is 7.80. The van der Waals surface area contributed by atoms with Crippen LogP contribution in [0.25, 0.3) is 0 Å². The molecule has 2 saturated heterocycles. The van der Waals surface area contributed by atoms with Crippen LogP contribution in [0.3, 0.4) is 0 Å². The van der Waals surface area contributed by atoms with E-state index in [1.807, 2.05) is 0 Å². The first-order valence-corrected chi connectivity index (χ1v) is 11.9. The molecule has 2 heterocycles. The van der Waals surface area contributed by atoms with Crippen molar-refractivity contribution in [2.45, 2.75) is 50.6 Å². The smallest absolute Gasteiger partial charge is 0.225 e. The molecule has 2 aromatic carbocycles. The van der Waals surface area contributed by atoms with E-state index in [1.54, 1.807) is 7.11 Å². The molecule has 0 radical (unpaired) electrons. The van der Waals surface area contributed by atoms with Crippen LogP contribution < -0.4 is 4.74 Å². The number of ether oxygens (including phenoxy) is 1. The minimum Gasteiger partial charge on any atom is -0.497 e. The summed E-state index contributed by atoms with van der Waals surface area (Å²) >= 11 is 0. The van der Waals surface area contributed by atoms with Crippen molar-refractivity contribution in [1.29, 1.82) is 0 Å². The fourth-order valence-electron chi connectivity index (χ4n) is 6.15. The number of carbonyl (C=O) groups excluding carboxylic acids is 1. The Balaban J connectivity index is 1.38. The Kier molecular flexibility index (Phi) is 5.99. The Labute approximate surface area is 186 Å². The van der Waals surface area contributed by atoms with Crippen LogP contribution in [0.2, 0.25) is 0 Å². The van der Waals surface area contributed by atoms with Crippen molar-refractivity contribution in [2.75, 3.05) is 26.7 Å². The lowest BCUT2D eigenvalue weighted by atomic mass is 9.81. The van der Waals surface area contributed by atoms with Crippen LogP contribution in [-0.2, 0) is 11.3 Å². The first-order chi connectivity index (χ1) is 15.2. The summed E-state index contributed by atoms with van der Waals surface area (Å²) in [6, 6.07) is 19.7. The largest absolute Gasteiger partial charge is 0.497 e. The van der Waals surface area contributed by atoms with Crippen LogP contribution in [0.1, 0.15) is 49.1 Å². The molecule has 1 amide bonds. The maximum Gasteiger partial charge on any atom is 0.225 e. The van der Waals surface area contributed by atoms with E-state index in [-0.39, 0.29) is 5.92 Å². The van der Waals surface area contributed by atoms with E-state index in [0.717, 1.165) is 51.2 Å². The summed E-state index contributed by atoms with van der Waals surface area (Å²) < 4.78 is 5.38. The second kappa shape index (κ2) is 9.04. The highest BCUT2D eigenvalue weighted by molar-refractivity contribution is 5.80. The summed E-state index contributed by atoms with van der Waals surface area (Å²) in [4.78, 5) is 18.3. The number of benzene rings is 2. The van der Waals surface area contributed by atoms with Crippen LogP contribution in [0.15, 0.2) is 54.6 Å². The lowest BCUT2D eigenvalue weighted by molar-refractivity contribution is -0.137. The third-order valence-electron chi connectivity index (χ3n) is 7.80. The highest BCUT2D eigenvalue weighted by atomic mass is 16.5. The highest BCUT2D eigenvalue weighted by Crippen LogP contribution is 2.43. The average Bonchev–Trinajstić information content (AvgIpc) is 3.48. The third kappa shape index (κ3) is 4.23. The number of amides is 1. The summed E-state index contributed by atoms with van der Waals surface area (Å²) in [7, 11) is 1.71. The zero-order valence-electron chi connectivity index (χ0n) is 18.6. The van der Waals surface area contributed by atoms with Gasteiger partial charge >= 0.3 is 0 Å². The van der Waals surface area contributed by atoms with Crippen LogP contribution in [0.4, 0.5) is 0 Å². The van der Waals surface area contributed by atoms with E-state index in [9.17, 15) is 4.79 Å². The van der Waals surface area contributed by atoms with Gasteiger partial charge in [-0.2, -0.15) is 0 Å². The minimum atomic E-state index is 0.262. The molecule has 3 fully saturated rings. The van der Waals surface area contributed by atoms with Crippen molar-refractivity contribution in [2.24, 2.45) is 11.8 Å². The Morgan fingerprint density at radius 1 is 0.968 bits per heavy atom. The molecule has 3 atom stereocenters. The van der Waals surface area contributed by atoms with Gasteiger partial charge in [0.25, 0.3) is 0 Å². The molecule has 2 aromatic rings. The lowest BCUT2D eigenvalue weighted by Gasteiger charge is -2.39. The summed E-state index contributed by atoms with van der Waals surface area (Å²) in [5.74, 6) is 2.49. The molecule has 164 valence electrons. The van der Waals surface area contributed by atoms with Gasteiger partial charge < -0.3 is 9.64 Å². The first kappa shape index (κ1) is 20.6. The van der Waals surface area contributed by atoms with E-state index in [2.05, 4.69) is 64.4 Å². The number of fused-ring (bicyclic) bond motifs is 1. The van der Waals surface area contributed by atoms with E-state index >= 15 is 0 Å². The molecule has 0 spiro atoms. The number of rotatable bonds is 5. The summed E-state index contributed by atoms with van der Waals surface area (Å²) in [5, 5.41) is 0. The molecule has 0 N–H and O–H groups in total. The number of nitrogens with zero attached hydrogens (tertiary/aromatic N) is 2. The van der Waals surface area contributed by atoms with Gasteiger partial charge in [-0.3, -0.25) is 9.69 Å². The Hall–Kier alpha value is -2.33. The first-order valence-electron chi connectivity index (χ1n) is 11.9. The lowest BCUT2D eigenvalue weighted by Crippen LogP contribution is -2.48. The van der Waals surface area contributed by atoms with Gasteiger partial charge in [-0.05, 0) is 42.5 Å². The molecule has 4 nitrogen and oxygen atoms in total. The fraction of sp³-hybridized carbons (Fsp3) is 0.519. The summed E-state index contributed by atoms with van der Waals surface area (Å²) in [5.41, 5.74) is 2.72.